The molecule has 0 spiro atoms. The fourth-order valence-corrected chi connectivity index (χ4v) is 3.10. The maximum atomic E-state index is 13.3. The maximum Gasteiger partial charge on any atom is 0.219 e. The van der Waals surface area contributed by atoms with E-state index in [-0.39, 0.29) is 11.7 Å². The van der Waals surface area contributed by atoms with Crippen molar-refractivity contribution in [3.8, 4) is 22.5 Å². The Morgan fingerprint density at radius 3 is 2.64 bits per heavy atom. The highest BCUT2D eigenvalue weighted by atomic mass is 19.1. The SMILES string of the molecule is CC(=O)N1CCn2nc(-c3ccc(F)cc3)c(-c3ccncn3)c2C1. The van der Waals surface area contributed by atoms with Crippen LogP contribution in [0.3, 0.4) is 0 Å². The lowest BCUT2D eigenvalue weighted by Gasteiger charge is -2.27. The van der Waals surface area contributed by atoms with Gasteiger partial charge in [0.15, 0.2) is 0 Å². The Bertz CT molecular complexity index is 921. The summed E-state index contributed by atoms with van der Waals surface area (Å²) in [6, 6.07) is 8.06. The van der Waals surface area contributed by atoms with Gasteiger partial charge in [0.1, 0.15) is 17.8 Å². The van der Waals surface area contributed by atoms with E-state index in [1.54, 1.807) is 30.2 Å². The summed E-state index contributed by atoms with van der Waals surface area (Å²) in [7, 11) is 0. The zero-order valence-electron chi connectivity index (χ0n) is 13.7. The van der Waals surface area contributed by atoms with E-state index in [0.29, 0.717) is 19.6 Å². The van der Waals surface area contributed by atoms with Gasteiger partial charge in [-0.05, 0) is 30.3 Å². The van der Waals surface area contributed by atoms with E-state index in [0.717, 1.165) is 28.2 Å². The molecule has 0 saturated carbocycles. The molecule has 1 aromatic carbocycles. The topological polar surface area (TPSA) is 63.9 Å². The predicted octanol–water partition coefficient (Wildman–Crippen LogP) is 2.51. The van der Waals surface area contributed by atoms with Crippen molar-refractivity contribution >= 4 is 5.91 Å². The molecule has 6 nitrogen and oxygen atoms in total. The molecule has 0 unspecified atom stereocenters. The van der Waals surface area contributed by atoms with Crippen LogP contribution < -0.4 is 0 Å². The van der Waals surface area contributed by atoms with Crippen LogP contribution in [0.25, 0.3) is 22.5 Å². The van der Waals surface area contributed by atoms with Gasteiger partial charge >= 0.3 is 0 Å². The zero-order chi connectivity index (χ0) is 17.4. The van der Waals surface area contributed by atoms with Gasteiger partial charge < -0.3 is 4.90 Å². The van der Waals surface area contributed by atoms with Crippen LogP contribution in [-0.4, -0.2) is 37.1 Å². The summed E-state index contributed by atoms with van der Waals surface area (Å²) in [4.78, 5) is 21.9. The van der Waals surface area contributed by atoms with E-state index >= 15 is 0 Å². The second-order valence-corrected chi connectivity index (χ2v) is 5.94. The van der Waals surface area contributed by atoms with Crippen LogP contribution in [0.1, 0.15) is 12.6 Å². The summed E-state index contributed by atoms with van der Waals surface area (Å²) >= 11 is 0. The molecule has 0 fully saturated rings. The highest BCUT2D eigenvalue weighted by molar-refractivity contribution is 5.82. The third-order valence-corrected chi connectivity index (χ3v) is 4.38. The highest BCUT2D eigenvalue weighted by Gasteiger charge is 2.27. The molecule has 1 aliphatic rings. The zero-order valence-corrected chi connectivity index (χ0v) is 13.7. The summed E-state index contributed by atoms with van der Waals surface area (Å²) in [5.74, 6) is -0.261. The first-order valence-electron chi connectivity index (χ1n) is 8.01. The van der Waals surface area contributed by atoms with E-state index < -0.39 is 0 Å². The number of hydrogen-bond acceptors (Lipinski definition) is 4. The second-order valence-electron chi connectivity index (χ2n) is 5.94. The molecule has 0 bridgehead atoms. The Morgan fingerprint density at radius 1 is 1.16 bits per heavy atom. The molecule has 0 aliphatic carbocycles. The number of amides is 1. The highest BCUT2D eigenvalue weighted by Crippen LogP contribution is 2.35. The van der Waals surface area contributed by atoms with Crippen LogP contribution in [0.4, 0.5) is 4.39 Å². The van der Waals surface area contributed by atoms with Crippen LogP contribution >= 0.6 is 0 Å². The molecule has 0 N–H and O–H groups in total. The Hall–Kier alpha value is -3.09. The minimum absolute atomic E-state index is 0.0319. The van der Waals surface area contributed by atoms with Crippen molar-refractivity contribution in [2.75, 3.05) is 6.54 Å². The minimum atomic E-state index is -0.293. The molecule has 4 rings (SSSR count). The predicted molar refractivity (Wildman–Crippen MR) is 89.7 cm³/mol. The molecule has 1 amide bonds. The van der Waals surface area contributed by atoms with E-state index in [1.165, 1.54) is 18.5 Å². The molecule has 3 heterocycles. The third kappa shape index (κ3) is 2.77. The van der Waals surface area contributed by atoms with Gasteiger partial charge in [-0.25, -0.2) is 14.4 Å². The van der Waals surface area contributed by atoms with Crippen LogP contribution in [0.15, 0.2) is 42.9 Å². The van der Waals surface area contributed by atoms with Crippen molar-refractivity contribution in [1.29, 1.82) is 0 Å². The Kier molecular flexibility index (Phi) is 3.76. The van der Waals surface area contributed by atoms with Crippen molar-refractivity contribution in [3.63, 3.8) is 0 Å². The van der Waals surface area contributed by atoms with Gasteiger partial charge in [0.05, 0.1) is 30.0 Å². The Balaban J connectivity index is 1.90. The average Bonchev–Trinajstić information content (AvgIpc) is 3.01. The summed E-state index contributed by atoms with van der Waals surface area (Å²) < 4.78 is 15.2. The summed E-state index contributed by atoms with van der Waals surface area (Å²) in [6.45, 7) is 3.28. The minimum Gasteiger partial charge on any atom is -0.335 e. The van der Waals surface area contributed by atoms with Crippen LogP contribution in [-0.2, 0) is 17.9 Å². The van der Waals surface area contributed by atoms with Crippen molar-refractivity contribution < 1.29 is 9.18 Å². The van der Waals surface area contributed by atoms with E-state index in [9.17, 15) is 9.18 Å². The number of rotatable bonds is 2. The molecule has 126 valence electrons. The number of halogens is 1. The standard InChI is InChI=1S/C18H16FN5O/c1-12(25)23-8-9-24-16(10-23)17(15-6-7-20-11-21-15)18(22-24)13-2-4-14(19)5-3-13/h2-7,11H,8-10H2,1H3. The van der Waals surface area contributed by atoms with Gasteiger partial charge in [-0.2, -0.15) is 5.10 Å². The van der Waals surface area contributed by atoms with Crippen LogP contribution in [0.2, 0.25) is 0 Å². The molecule has 0 atom stereocenters. The van der Waals surface area contributed by atoms with E-state index in [1.807, 2.05) is 10.7 Å². The van der Waals surface area contributed by atoms with Gasteiger partial charge in [-0.1, -0.05) is 0 Å². The number of carbonyl (C=O) groups excluding carboxylic acids is 1. The molecule has 1 aliphatic heterocycles. The van der Waals surface area contributed by atoms with Crippen LogP contribution in [0.5, 0.6) is 0 Å². The molecule has 25 heavy (non-hydrogen) atoms. The lowest BCUT2D eigenvalue weighted by atomic mass is 10.0. The van der Waals surface area contributed by atoms with Crippen molar-refractivity contribution in [2.24, 2.45) is 0 Å². The number of nitrogens with zero attached hydrogens (tertiary/aromatic N) is 5. The number of carbonyl (C=O) groups is 1. The average molecular weight is 337 g/mol. The van der Waals surface area contributed by atoms with Gasteiger partial charge in [-0.15, -0.1) is 0 Å². The van der Waals surface area contributed by atoms with Gasteiger partial charge in [0, 0.05) is 25.2 Å². The smallest absolute Gasteiger partial charge is 0.219 e. The number of aromatic nitrogens is 4. The largest absolute Gasteiger partial charge is 0.335 e. The Labute approximate surface area is 143 Å². The molecular weight excluding hydrogens is 321 g/mol. The van der Waals surface area contributed by atoms with Gasteiger partial charge in [-0.3, -0.25) is 9.48 Å². The summed E-state index contributed by atoms with van der Waals surface area (Å²) in [5, 5.41) is 4.72. The first kappa shape index (κ1) is 15.4. The molecule has 0 radical (unpaired) electrons. The van der Waals surface area contributed by atoms with Crippen molar-refractivity contribution in [2.45, 2.75) is 20.0 Å². The molecule has 3 aromatic rings. The second kappa shape index (κ2) is 6.08. The lowest BCUT2D eigenvalue weighted by Crippen LogP contribution is -2.37. The third-order valence-electron chi connectivity index (χ3n) is 4.38. The first-order chi connectivity index (χ1) is 12.1. The number of benzene rings is 1. The fourth-order valence-electron chi connectivity index (χ4n) is 3.10. The fraction of sp³-hybridized carbons (Fsp3) is 0.222. The summed E-state index contributed by atoms with van der Waals surface area (Å²) in [5.41, 5.74) is 4.07. The normalized spacial score (nSPS) is 13.6. The Morgan fingerprint density at radius 2 is 1.96 bits per heavy atom. The monoisotopic (exact) mass is 337 g/mol. The molecule has 0 saturated heterocycles. The van der Waals surface area contributed by atoms with Gasteiger partial charge in [0.25, 0.3) is 0 Å². The molecule has 2 aromatic heterocycles. The van der Waals surface area contributed by atoms with Crippen molar-refractivity contribution in [3.05, 3.63) is 54.4 Å². The number of fused-ring (bicyclic) bond motifs is 1. The summed E-state index contributed by atoms with van der Waals surface area (Å²) in [6.07, 6.45) is 3.16. The van der Waals surface area contributed by atoms with Crippen LogP contribution in [0, 0.1) is 5.82 Å². The van der Waals surface area contributed by atoms with E-state index in [4.69, 9.17) is 5.10 Å². The van der Waals surface area contributed by atoms with Gasteiger partial charge in [0.2, 0.25) is 5.91 Å². The molecular formula is C18H16FN5O. The first-order valence-corrected chi connectivity index (χ1v) is 8.01. The number of hydrogen-bond donors (Lipinski definition) is 0. The maximum absolute atomic E-state index is 13.3. The van der Waals surface area contributed by atoms with Crippen molar-refractivity contribution in [1.82, 2.24) is 24.6 Å². The molecule has 7 heteroatoms. The quantitative estimate of drug-likeness (QED) is 0.721. The van der Waals surface area contributed by atoms with E-state index in [2.05, 4.69) is 9.97 Å². The lowest BCUT2D eigenvalue weighted by molar-refractivity contribution is -0.130.